The molecule has 13 heavy (non-hydrogen) atoms. The lowest BCUT2D eigenvalue weighted by Crippen LogP contribution is -1.88. The molecule has 0 radical (unpaired) electrons. The van der Waals surface area contributed by atoms with Crippen LogP contribution in [0, 0.1) is 0 Å². The molecular formula is C10H10F2S. The van der Waals surface area contributed by atoms with Crippen LogP contribution in [-0.2, 0) is 0 Å². The van der Waals surface area contributed by atoms with Gasteiger partial charge in [-0.15, -0.1) is 11.8 Å². The summed E-state index contributed by atoms with van der Waals surface area (Å²) in [5.41, 5.74) is 0.180. The Kier molecular flexibility index (Phi) is 2.54. The molecular weight excluding hydrogens is 190 g/mol. The number of hydrogen-bond donors (Lipinski definition) is 0. The van der Waals surface area contributed by atoms with Crippen LogP contribution >= 0.6 is 11.8 Å². The summed E-state index contributed by atoms with van der Waals surface area (Å²) in [6, 6.07) is 6.77. The molecule has 1 aliphatic carbocycles. The van der Waals surface area contributed by atoms with Gasteiger partial charge in [0.1, 0.15) is 0 Å². The molecule has 0 spiro atoms. The predicted octanol–water partition coefficient (Wildman–Crippen LogP) is 3.88. The molecule has 0 N–H and O–H groups in total. The van der Waals surface area contributed by atoms with Crippen molar-refractivity contribution in [3.8, 4) is 0 Å². The van der Waals surface area contributed by atoms with Crippen LogP contribution in [0.4, 0.5) is 8.78 Å². The van der Waals surface area contributed by atoms with Crippen LogP contribution in [0.1, 0.15) is 24.8 Å². The van der Waals surface area contributed by atoms with Gasteiger partial charge in [-0.1, -0.05) is 18.2 Å². The van der Waals surface area contributed by atoms with Crippen molar-refractivity contribution >= 4 is 11.8 Å². The second-order valence-corrected chi connectivity index (χ2v) is 4.50. The van der Waals surface area contributed by atoms with Crippen molar-refractivity contribution in [3.05, 3.63) is 29.8 Å². The molecule has 70 valence electrons. The van der Waals surface area contributed by atoms with Crippen LogP contribution in [0.5, 0.6) is 0 Å². The van der Waals surface area contributed by atoms with E-state index in [4.69, 9.17) is 0 Å². The quantitative estimate of drug-likeness (QED) is 0.713. The third-order valence-corrected chi connectivity index (χ3v) is 3.40. The maximum atomic E-state index is 12.5. The zero-order valence-corrected chi connectivity index (χ0v) is 7.86. The fourth-order valence-corrected chi connectivity index (χ4v) is 2.31. The van der Waals surface area contributed by atoms with Crippen molar-refractivity contribution in [1.82, 2.24) is 0 Å². The summed E-state index contributed by atoms with van der Waals surface area (Å²) in [5.74, 6) is 0. The Bertz CT molecular complexity index is 295. The summed E-state index contributed by atoms with van der Waals surface area (Å²) in [5, 5.41) is 0.583. The summed E-state index contributed by atoms with van der Waals surface area (Å²) in [6.07, 6.45) is -0.00718. The van der Waals surface area contributed by atoms with E-state index in [9.17, 15) is 8.78 Å². The monoisotopic (exact) mass is 200 g/mol. The van der Waals surface area contributed by atoms with E-state index in [2.05, 4.69) is 0 Å². The van der Waals surface area contributed by atoms with Gasteiger partial charge in [-0.05, 0) is 18.9 Å². The minimum atomic E-state index is -2.34. The van der Waals surface area contributed by atoms with E-state index in [-0.39, 0.29) is 5.56 Å². The molecule has 1 fully saturated rings. The van der Waals surface area contributed by atoms with Crippen molar-refractivity contribution in [2.75, 3.05) is 0 Å². The average Bonchev–Trinajstić information content (AvgIpc) is 2.89. The molecule has 0 aliphatic heterocycles. The SMILES string of the molecule is FC(F)c1ccccc1SC1CC1. The number of alkyl halides is 2. The maximum Gasteiger partial charge on any atom is 0.264 e. The van der Waals surface area contributed by atoms with Crippen molar-refractivity contribution in [3.63, 3.8) is 0 Å². The number of hydrogen-bond acceptors (Lipinski definition) is 1. The Hall–Kier alpha value is -0.570. The summed E-state index contributed by atoms with van der Waals surface area (Å²) in [7, 11) is 0. The van der Waals surface area contributed by atoms with Gasteiger partial charge in [0.15, 0.2) is 0 Å². The fourth-order valence-electron chi connectivity index (χ4n) is 1.13. The van der Waals surface area contributed by atoms with Gasteiger partial charge in [-0.25, -0.2) is 8.78 Å². The molecule has 0 aromatic heterocycles. The molecule has 0 bridgehead atoms. The van der Waals surface area contributed by atoms with Crippen LogP contribution < -0.4 is 0 Å². The molecule has 0 amide bonds. The Labute approximate surface area is 80.3 Å². The first kappa shape index (κ1) is 9.00. The van der Waals surface area contributed by atoms with E-state index >= 15 is 0 Å². The number of rotatable bonds is 3. The van der Waals surface area contributed by atoms with Crippen LogP contribution in [0.15, 0.2) is 29.2 Å². The van der Waals surface area contributed by atoms with Crippen molar-refractivity contribution < 1.29 is 8.78 Å². The van der Waals surface area contributed by atoms with Crippen molar-refractivity contribution in [2.24, 2.45) is 0 Å². The summed E-state index contributed by atoms with van der Waals surface area (Å²) in [4.78, 5) is 0.750. The third kappa shape index (κ3) is 2.21. The van der Waals surface area contributed by atoms with Gasteiger partial charge in [-0.2, -0.15) is 0 Å². The first-order valence-corrected chi connectivity index (χ1v) is 5.19. The lowest BCUT2D eigenvalue weighted by atomic mass is 10.2. The molecule has 1 aliphatic rings. The standard InChI is InChI=1S/C10H10F2S/c11-10(12)8-3-1-2-4-9(8)13-7-5-6-7/h1-4,7,10H,5-6H2. The lowest BCUT2D eigenvalue weighted by Gasteiger charge is -2.06. The molecule has 0 nitrogen and oxygen atoms in total. The highest BCUT2D eigenvalue weighted by atomic mass is 32.2. The Morgan fingerprint density at radius 1 is 1.23 bits per heavy atom. The first-order chi connectivity index (χ1) is 6.27. The van der Waals surface area contributed by atoms with Crippen LogP contribution in [-0.4, -0.2) is 5.25 Å². The van der Waals surface area contributed by atoms with Gasteiger partial charge >= 0.3 is 0 Å². The smallest absolute Gasteiger partial charge is 0.205 e. The van der Waals surface area contributed by atoms with Crippen LogP contribution in [0.2, 0.25) is 0 Å². The zero-order valence-electron chi connectivity index (χ0n) is 7.04. The number of halogens is 2. The maximum absolute atomic E-state index is 12.5. The molecule has 0 unspecified atom stereocenters. The Balaban J connectivity index is 2.20. The van der Waals surface area contributed by atoms with Gasteiger partial charge in [0.05, 0.1) is 0 Å². The molecule has 1 aromatic carbocycles. The second-order valence-electron chi connectivity index (χ2n) is 3.16. The molecule has 1 aromatic rings. The van der Waals surface area contributed by atoms with Crippen LogP contribution in [0.3, 0.4) is 0 Å². The van der Waals surface area contributed by atoms with E-state index in [1.165, 1.54) is 18.9 Å². The van der Waals surface area contributed by atoms with E-state index in [0.29, 0.717) is 5.25 Å². The Morgan fingerprint density at radius 3 is 2.54 bits per heavy atom. The average molecular weight is 200 g/mol. The highest BCUT2D eigenvalue weighted by Gasteiger charge is 2.24. The van der Waals surface area contributed by atoms with Gasteiger partial charge in [-0.3, -0.25) is 0 Å². The normalized spacial score (nSPS) is 16.5. The van der Waals surface area contributed by atoms with E-state index in [0.717, 1.165) is 4.90 Å². The molecule has 0 saturated heterocycles. The van der Waals surface area contributed by atoms with E-state index in [1.807, 2.05) is 6.07 Å². The minimum absolute atomic E-state index is 0.180. The molecule has 0 heterocycles. The molecule has 3 heteroatoms. The van der Waals surface area contributed by atoms with Crippen molar-refractivity contribution in [1.29, 1.82) is 0 Å². The highest BCUT2D eigenvalue weighted by molar-refractivity contribution is 8.00. The summed E-state index contributed by atoms with van der Waals surface area (Å²) in [6.45, 7) is 0. The van der Waals surface area contributed by atoms with Crippen LogP contribution in [0.25, 0.3) is 0 Å². The third-order valence-electron chi connectivity index (χ3n) is 1.97. The van der Waals surface area contributed by atoms with Gasteiger partial charge in [0, 0.05) is 15.7 Å². The molecule has 2 rings (SSSR count). The number of benzene rings is 1. The Morgan fingerprint density at radius 2 is 1.92 bits per heavy atom. The van der Waals surface area contributed by atoms with Crippen molar-refractivity contribution in [2.45, 2.75) is 29.4 Å². The summed E-state index contributed by atoms with van der Waals surface area (Å²) >= 11 is 1.58. The largest absolute Gasteiger partial charge is 0.264 e. The van der Waals surface area contributed by atoms with Gasteiger partial charge in [0.2, 0.25) is 0 Å². The topological polar surface area (TPSA) is 0 Å². The van der Waals surface area contributed by atoms with Gasteiger partial charge < -0.3 is 0 Å². The number of thioether (sulfide) groups is 1. The predicted molar refractivity (Wildman–Crippen MR) is 50.3 cm³/mol. The minimum Gasteiger partial charge on any atom is -0.205 e. The molecule has 1 saturated carbocycles. The fraction of sp³-hybridized carbons (Fsp3) is 0.400. The molecule has 0 atom stereocenters. The lowest BCUT2D eigenvalue weighted by molar-refractivity contribution is 0.148. The zero-order chi connectivity index (χ0) is 9.26. The van der Waals surface area contributed by atoms with E-state index < -0.39 is 6.43 Å². The summed E-state index contributed by atoms with van der Waals surface area (Å²) < 4.78 is 25.0. The first-order valence-electron chi connectivity index (χ1n) is 4.31. The van der Waals surface area contributed by atoms with E-state index in [1.54, 1.807) is 23.9 Å². The van der Waals surface area contributed by atoms with Gasteiger partial charge in [0.25, 0.3) is 6.43 Å². The highest BCUT2D eigenvalue weighted by Crippen LogP contribution is 2.42. The second kappa shape index (κ2) is 3.66.